The van der Waals surface area contributed by atoms with Crippen molar-refractivity contribution in [2.24, 2.45) is 17.3 Å². The molecule has 4 N–H and O–H groups in total. The molecule has 2 aliphatic heterocycles. The molecule has 0 aliphatic carbocycles. The van der Waals surface area contributed by atoms with Crippen LogP contribution in [0.3, 0.4) is 0 Å². The minimum atomic E-state index is -2.29. The van der Waals surface area contributed by atoms with Gasteiger partial charge in [0, 0.05) is 0 Å². The van der Waals surface area contributed by atoms with Crippen molar-refractivity contribution in [1.82, 2.24) is 0 Å². The Bertz CT molecular complexity index is 1440. The highest BCUT2D eigenvalue weighted by molar-refractivity contribution is 6.39. The lowest BCUT2D eigenvalue weighted by Gasteiger charge is -2.25. The molecule has 3 atom stereocenters. The van der Waals surface area contributed by atoms with Crippen molar-refractivity contribution in [1.29, 1.82) is 0 Å². The fourth-order valence-electron chi connectivity index (χ4n) is 5.11. The number of rotatable bonds is 6. The van der Waals surface area contributed by atoms with Gasteiger partial charge in [-0.1, -0.05) is 13.8 Å². The van der Waals surface area contributed by atoms with Gasteiger partial charge in [0.05, 0.1) is 45.5 Å². The second-order valence-electron chi connectivity index (χ2n) is 8.95. The van der Waals surface area contributed by atoms with E-state index in [-0.39, 0.29) is 11.4 Å². The van der Waals surface area contributed by atoms with Gasteiger partial charge in [-0.05, 0) is 36.4 Å². The van der Waals surface area contributed by atoms with Crippen molar-refractivity contribution >= 4 is 58.9 Å². The average Bonchev–Trinajstić information content (AvgIpc) is 3.20. The number of hydrogen-bond acceptors (Lipinski definition) is 8. The van der Waals surface area contributed by atoms with Crippen molar-refractivity contribution in [2.75, 3.05) is 9.80 Å². The topological polar surface area (TPSA) is 224 Å². The molecule has 0 radical (unpaired) electrons. The lowest BCUT2D eigenvalue weighted by Crippen LogP contribution is -2.46. The molecule has 0 aromatic heterocycles. The first-order valence-corrected chi connectivity index (χ1v) is 11.2. The first-order chi connectivity index (χ1) is 18.2. The average molecular weight is 538 g/mol. The summed E-state index contributed by atoms with van der Waals surface area (Å²) in [6.07, 6.45) is 0. The van der Waals surface area contributed by atoms with E-state index in [1.807, 2.05) is 0 Å². The number of imide groups is 2. The highest BCUT2D eigenvalue weighted by Gasteiger charge is 2.72. The summed E-state index contributed by atoms with van der Waals surface area (Å²) in [5.74, 6) is -13.6. The van der Waals surface area contributed by atoms with Crippen LogP contribution >= 0.6 is 0 Å². The number of anilines is 2. The van der Waals surface area contributed by atoms with Crippen molar-refractivity contribution in [2.45, 2.75) is 13.8 Å². The molecule has 0 bridgehead atoms. The zero-order valence-electron chi connectivity index (χ0n) is 20.1. The molecule has 14 heteroatoms. The Morgan fingerprint density at radius 3 is 1.18 bits per heavy atom. The molecule has 2 heterocycles. The maximum absolute atomic E-state index is 13.8. The number of benzene rings is 2. The van der Waals surface area contributed by atoms with Crippen molar-refractivity contribution in [3.05, 3.63) is 58.7 Å². The van der Waals surface area contributed by atoms with Gasteiger partial charge < -0.3 is 20.4 Å². The standard InChI is InChI=1S/C25H18N2O12/c1-9-17(28)26(11-3-5-13(19(30)31)15(7-11)21(34)35)23(38)25(9)10(2)18(29)27(24(25)39)12-4-6-14(20(32)33)16(8-12)22(36)37/h3-10H,1-2H3,(H,30,31)(H,32,33)(H,34,35)(H,36,37)/t9-,10?,25?/m0/s1. The fraction of sp³-hybridized carbons (Fsp3) is 0.200. The fourth-order valence-corrected chi connectivity index (χ4v) is 5.11. The molecule has 200 valence electrons. The molecule has 1 spiro atoms. The van der Waals surface area contributed by atoms with E-state index in [9.17, 15) is 58.8 Å². The van der Waals surface area contributed by atoms with Gasteiger partial charge in [-0.15, -0.1) is 0 Å². The summed E-state index contributed by atoms with van der Waals surface area (Å²) >= 11 is 0. The zero-order valence-corrected chi connectivity index (χ0v) is 20.1. The van der Waals surface area contributed by atoms with Gasteiger partial charge in [-0.25, -0.2) is 29.0 Å². The maximum Gasteiger partial charge on any atom is 0.336 e. The Hall–Kier alpha value is -5.40. The summed E-state index contributed by atoms with van der Waals surface area (Å²) in [6, 6.07) is 5.38. The quantitative estimate of drug-likeness (QED) is 0.300. The number of carboxylic acids is 4. The minimum Gasteiger partial charge on any atom is -0.478 e. The van der Waals surface area contributed by atoms with E-state index in [1.165, 1.54) is 13.8 Å². The summed E-state index contributed by atoms with van der Waals surface area (Å²) in [7, 11) is 0. The third kappa shape index (κ3) is 3.56. The number of hydrogen-bond donors (Lipinski definition) is 4. The molecule has 4 amide bonds. The van der Waals surface area contributed by atoms with Crippen LogP contribution in [-0.2, 0) is 19.2 Å². The van der Waals surface area contributed by atoms with Crippen LogP contribution in [0.5, 0.6) is 0 Å². The SMILES string of the molecule is CC1C(=O)N(c2ccc(C(=O)O)c(C(=O)O)c2)C(=O)C12C(=O)N(c1ccc(C(=O)O)c(C(=O)O)c1)C(=O)[C@@H]2C. The summed E-state index contributed by atoms with van der Waals surface area (Å²) in [6.45, 7) is 2.46. The Balaban J connectivity index is 1.84. The van der Waals surface area contributed by atoms with Crippen LogP contribution in [0.2, 0.25) is 0 Å². The lowest BCUT2D eigenvalue weighted by molar-refractivity contribution is -0.142. The second kappa shape index (κ2) is 8.86. The Morgan fingerprint density at radius 1 is 0.590 bits per heavy atom. The van der Waals surface area contributed by atoms with Crippen molar-refractivity contribution in [3.8, 4) is 0 Å². The van der Waals surface area contributed by atoms with E-state index in [0.717, 1.165) is 36.4 Å². The van der Waals surface area contributed by atoms with Crippen LogP contribution in [0.1, 0.15) is 55.3 Å². The van der Waals surface area contributed by atoms with Gasteiger partial charge in [-0.2, -0.15) is 0 Å². The Morgan fingerprint density at radius 2 is 0.897 bits per heavy atom. The van der Waals surface area contributed by atoms with E-state index in [2.05, 4.69) is 0 Å². The molecule has 2 fully saturated rings. The molecule has 2 aromatic rings. The van der Waals surface area contributed by atoms with E-state index >= 15 is 0 Å². The van der Waals surface area contributed by atoms with Crippen molar-refractivity contribution < 1.29 is 58.8 Å². The molecular weight excluding hydrogens is 520 g/mol. The zero-order chi connectivity index (χ0) is 29.1. The highest BCUT2D eigenvalue weighted by atomic mass is 16.4. The molecule has 2 aliphatic rings. The summed E-state index contributed by atoms with van der Waals surface area (Å²) in [5, 5.41) is 37.4. The molecule has 14 nitrogen and oxygen atoms in total. The number of aromatic carboxylic acids is 4. The van der Waals surface area contributed by atoms with E-state index in [1.54, 1.807) is 0 Å². The lowest BCUT2D eigenvalue weighted by atomic mass is 9.70. The molecular formula is C25H18N2O12. The molecule has 2 saturated heterocycles. The third-order valence-electron chi connectivity index (χ3n) is 7.11. The predicted molar refractivity (Wildman–Crippen MR) is 126 cm³/mol. The summed E-state index contributed by atoms with van der Waals surface area (Å²) < 4.78 is 0. The smallest absolute Gasteiger partial charge is 0.336 e. The number of carbonyl (C=O) groups is 8. The molecule has 4 rings (SSSR count). The summed E-state index contributed by atoms with van der Waals surface area (Å²) in [5.41, 5.74) is -5.63. The number of amides is 4. The largest absolute Gasteiger partial charge is 0.478 e. The number of carbonyl (C=O) groups excluding carboxylic acids is 4. The van der Waals surface area contributed by atoms with Crippen molar-refractivity contribution in [3.63, 3.8) is 0 Å². The maximum atomic E-state index is 13.8. The van der Waals surface area contributed by atoms with Crippen LogP contribution in [-0.4, -0.2) is 67.9 Å². The van der Waals surface area contributed by atoms with Gasteiger partial charge >= 0.3 is 23.9 Å². The number of nitrogens with zero attached hydrogens (tertiary/aromatic N) is 2. The van der Waals surface area contributed by atoms with E-state index in [4.69, 9.17) is 0 Å². The van der Waals surface area contributed by atoms with Gasteiger partial charge in [0.1, 0.15) is 0 Å². The van der Waals surface area contributed by atoms with Crippen LogP contribution < -0.4 is 9.80 Å². The third-order valence-corrected chi connectivity index (χ3v) is 7.11. The van der Waals surface area contributed by atoms with E-state index < -0.39 is 87.0 Å². The van der Waals surface area contributed by atoms with Gasteiger partial charge in [-0.3, -0.25) is 19.2 Å². The monoisotopic (exact) mass is 538 g/mol. The van der Waals surface area contributed by atoms with Gasteiger partial charge in [0.15, 0.2) is 5.41 Å². The molecule has 0 saturated carbocycles. The Kier molecular flexibility index (Phi) is 6.06. The predicted octanol–water partition coefficient (Wildman–Crippen LogP) is 1.18. The summed E-state index contributed by atoms with van der Waals surface area (Å²) in [4.78, 5) is 101. The highest BCUT2D eigenvalue weighted by Crippen LogP contribution is 2.52. The Labute approximate surface area is 217 Å². The van der Waals surface area contributed by atoms with Crippen LogP contribution in [0.15, 0.2) is 36.4 Å². The normalized spacial score (nSPS) is 22.6. The van der Waals surface area contributed by atoms with Gasteiger partial charge in [0.2, 0.25) is 11.8 Å². The second-order valence-corrected chi connectivity index (χ2v) is 8.95. The van der Waals surface area contributed by atoms with E-state index in [0.29, 0.717) is 9.80 Å². The van der Waals surface area contributed by atoms with Crippen LogP contribution in [0, 0.1) is 17.3 Å². The molecule has 2 unspecified atom stereocenters. The first-order valence-electron chi connectivity index (χ1n) is 11.2. The molecule has 2 aromatic carbocycles. The first kappa shape index (κ1) is 26.7. The van der Waals surface area contributed by atoms with Crippen LogP contribution in [0.25, 0.3) is 0 Å². The van der Waals surface area contributed by atoms with Crippen LogP contribution in [0.4, 0.5) is 11.4 Å². The number of carboxylic acid groups (broad SMARTS) is 4. The minimum absolute atomic E-state index is 0.332. The molecule has 39 heavy (non-hydrogen) atoms. The van der Waals surface area contributed by atoms with Gasteiger partial charge in [0.25, 0.3) is 11.8 Å².